The number of benzene rings is 1. The number of aryl methyl sites for hydroxylation is 1. The van der Waals surface area contributed by atoms with E-state index in [1.807, 2.05) is 19.1 Å². The molecule has 2 rings (SSSR count). The standard InChI is InChI=1S/C13H11BrClFS/c1-8-6-12(17-13(8)14)10(15)7-9-4-2-3-5-11(9)16/h2-6,10H,7H2,1H3. The number of thiophene rings is 1. The molecule has 0 fully saturated rings. The van der Waals surface area contributed by atoms with Gasteiger partial charge in [0.05, 0.1) is 9.16 Å². The number of alkyl halides is 1. The number of rotatable bonds is 3. The maximum absolute atomic E-state index is 13.5. The first-order valence-electron chi connectivity index (χ1n) is 5.21. The third-order valence-electron chi connectivity index (χ3n) is 2.54. The Hall–Kier alpha value is -0.380. The van der Waals surface area contributed by atoms with Crippen LogP contribution in [0.2, 0.25) is 0 Å². The fourth-order valence-corrected chi connectivity index (χ4v) is 3.51. The molecule has 0 amide bonds. The van der Waals surface area contributed by atoms with Gasteiger partial charge in [-0.25, -0.2) is 4.39 Å². The number of hydrogen-bond acceptors (Lipinski definition) is 1. The van der Waals surface area contributed by atoms with Gasteiger partial charge in [0.1, 0.15) is 5.82 Å². The fourth-order valence-electron chi connectivity index (χ4n) is 1.60. The molecule has 4 heteroatoms. The van der Waals surface area contributed by atoms with Crippen molar-refractivity contribution in [1.29, 1.82) is 0 Å². The maximum atomic E-state index is 13.5. The van der Waals surface area contributed by atoms with Gasteiger partial charge in [-0.2, -0.15) is 0 Å². The summed E-state index contributed by atoms with van der Waals surface area (Å²) in [6.07, 6.45) is 0.515. The first-order valence-corrected chi connectivity index (χ1v) is 7.26. The average Bonchev–Trinajstić information content (AvgIpc) is 2.63. The SMILES string of the molecule is Cc1cc(C(Cl)Cc2ccccc2F)sc1Br. The van der Waals surface area contributed by atoms with Crippen LogP contribution in [-0.4, -0.2) is 0 Å². The van der Waals surface area contributed by atoms with E-state index >= 15 is 0 Å². The number of hydrogen-bond donors (Lipinski definition) is 0. The van der Waals surface area contributed by atoms with Crippen LogP contribution in [0.1, 0.15) is 21.4 Å². The summed E-state index contributed by atoms with van der Waals surface area (Å²) in [5.74, 6) is -0.189. The summed E-state index contributed by atoms with van der Waals surface area (Å²) in [6, 6.07) is 8.81. The van der Waals surface area contributed by atoms with Crippen LogP contribution in [-0.2, 0) is 6.42 Å². The second-order valence-electron chi connectivity index (χ2n) is 3.87. The van der Waals surface area contributed by atoms with Gasteiger partial charge in [-0.3, -0.25) is 0 Å². The van der Waals surface area contributed by atoms with Gasteiger partial charge in [-0.1, -0.05) is 18.2 Å². The summed E-state index contributed by atoms with van der Waals surface area (Å²) >= 11 is 11.4. The minimum Gasteiger partial charge on any atom is -0.207 e. The monoisotopic (exact) mass is 332 g/mol. The highest BCUT2D eigenvalue weighted by molar-refractivity contribution is 9.11. The molecule has 2 aromatic rings. The molecule has 90 valence electrons. The van der Waals surface area contributed by atoms with Crippen molar-refractivity contribution in [3.63, 3.8) is 0 Å². The molecule has 1 aromatic carbocycles. The lowest BCUT2D eigenvalue weighted by Gasteiger charge is -2.07. The molecule has 0 aliphatic heterocycles. The van der Waals surface area contributed by atoms with E-state index in [1.165, 1.54) is 11.6 Å². The average molecular weight is 334 g/mol. The zero-order chi connectivity index (χ0) is 12.4. The van der Waals surface area contributed by atoms with Crippen molar-refractivity contribution in [2.24, 2.45) is 0 Å². The molecular weight excluding hydrogens is 323 g/mol. The Morgan fingerprint density at radius 1 is 1.41 bits per heavy atom. The lowest BCUT2D eigenvalue weighted by molar-refractivity contribution is 0.607. The van der Waals surface area contributed by atoms with E-state index in [0.717, 1.165) is 8.66 Å². The fraction of sp³-hybridized carbons (Fsp3) is 0.231. The molecule has 1 aromatic heterocycles. The van der Waals surface area contributed by atoms with Crippen LogP contribution in [0.5, 0.6) is 0 Å². The molecule has 0 nitrogen and oxygen atoms in total. The Morgan fingerprint density at radius 2 is 2.12 bits per heavy atom. The Kier molecular flexibility index (Phi) is 4.23. The summed E-state index contributed by atoms with van der Waals surface area (Å²) in [6.45, 7) is 2.02. The molecule has 0 saturated heterocycles. The molecule has 0 aliphatic carbocycles. The van der Waals surface area contributed by atoms with Crippen molar-refractivity contribution >= 4 is 38.9 Å². The molecule has 1 unspecified atom stereocenters. The predicted octanol–water partition coefficient (Wildman–Crippen LogP) is 5.48. The highest BCUT2D eigenvalue weighted by atomic mass is 79.9. The quantitative estimate of drug-likeness (QED) is 0.652. The highest BCUT2D eigenvalue weighted by Gasteiger charge is 2.15. The van der Waals surface area contributed by atoms with Crippen LogP contribution >= 0.6 is 38.9 Å². The smallest absolute Gasteiger partial charge is 0.126 e. The molecular formula is C13H11BrClFS. The summed E-state index contributed by atoms with van der Waals surface area (Å²) in [5.41, 5.74) is 1.83. The van der Waals surface area contributed by atoms with Crippen molar-refractivity contribution < 1.29 is 4.39 Å². The van der Waals surface area contributed by atoms with E-state index in [1.54, 1.807) is 23.5 Å². The van der Waals surface area contributed by atoms with E-state index in [0.29, 0.717) is 12.0 Å². The highest BCUT2D eigenvalue weighted by Crippen LogP contribution is 2.36. The van der Waals surface area contributed by atoms with Crippen LogP contribution in [0.25, 0.3) is 0 Å². The van der Waals surface area contributed by atoms with Crippen LogP contribution in [0.15, 0.2) is 34.1 Å². The molecule has 0 aliphatic rings. The van der Waals surface area contributed by atoms with Crippen LogP contribution in [0, 0.1) is 12.7 Å². The second-order valence-corrected chi connectivity index (χ2v) is 6.80. The summed E-state index contributed by atoms with van der Waals surface area (Å²) in [5, 5.41) is -0.179. The minimum atomic E-state index is -0.189. The van der Waals surface area contributed by atoms with Gasteiger partial charge in [-0.15, -0.1) is 22.9 Å². The normalized spacial score (nSPS) is 12.7. The summed E-state index contributed by atoms with van der Waals surface area (Å²) < 4.78 is 14.6. The summed E-state index contributed by atoms with van der Waals surface area (Å²) in [7, 11) is 0. The van der Waals surface area contributed by atoms with Gasteiger partial charge in [-0.05, 0) is 52.5 Å². The third-order valence-corrected chi connectivity index (χ3v) is 5.31. The van der Waals surface area contributed by atoms with Gasteiger partial charge in [0.15, 0.2) is 0 Å². The minimum absolute atomic E-state index is 0.179. The van der Waals surface area contributed by atoms with E-state index in [-0.39, 0.29) is 11.2 Å². The van der Waals surface area contributed by atoms with Gasteiger partial charge >= 0.3 is 0 Å². The zero-order valence-electron chi connectivity index (χ0n) is 9.21. The first kappa shape index (κ1) is 13.1. The molecule has 0 N–H and O–H groups in total. The molecule has 1 heterocycles. The summed E-state index contributed by atoms with van der Waals surface area (Å²) in [4.78, 5) is 1.07. The topological polar surface area (TPSA) is 0 Å². The Labute approximate surface area is 118 Å². The van der Waals surface area contributed by atoms with Crippen LogP contribution < -0.4 is 0 Å². The van der Waals surface area contributed by atoms with Crippen molar-refractivity contribution in [2.75, 3.05) is 0 Å². The van der Waals surface area contributed by atoms with Crippen molar-refractivity contribution in [1.82, 2.24) is 0 Å². The van der Waals surface area contributed by atoms with Gasteiger partial charge < -0.3 is 0 Å². The van der Waals surface area contributed by atoms with Gasteiger partial charge in [0.25, 0.3) is 0 Å². The van der Waals surface area contributed by atoms with Crippen molar-refractivity contribution in [2.45, 2.75) is 18.7 Å². The molecule has 17 heavy (non-hydrogen) atoms. The molecule has 0 radical (unpaired) electrons. The van der Waals surface area contributed by atoms with E-state index in [4.69, 9.17) is 11.6 Å². The first-order chi connectivity index (χ1) is 8.08. The van der Waals surface area contributed by atoms with E-state index in [2.05, 4.69) is 15.9 Å². The van der Waals surface area contributed by atoms with Gasteiger partial charge in [0, 0.05) is 4.88 Å². The molecule has 1 atom stereocenters. The van der Waals surface area contributed by atoms with Crippen molar-refractivity contribution in [3.05, 3.63) is 55.9 Å². The van der Waals surface area contributed by atoms with Crippen LogP contribution in [0.3, 0.4) is 0 Å². The lowest BCUT2D eigenvalue weighted by atomic mass is 10.1. The van der Waals surface area contributed by atoms with Gasteiger partial charge in [0.2, 0.25) is 0 Å². The Morgan fingerprint density at radius 3 is 2.71 bits per heavy atom. The van der Waals surface area contributed by atoms with E-state index < -0.39 is 0 Å². The number of halogens is 3. The van der Waals surface area contributed by atoms with Crippen molar-refractivity contribution in [3.8, 4) is 0 Å². The lowest BCUT2D eigenvalue weighted by Crippen LogP contribution is -1.96. The van der Waals surface area contributed by atoms with Crippen LogP contribution in [0.4, 0.5) is 4.39 Å². The maximum Gasteiger partial charge on any atom is 0.126 e. The van der Waals surface area contributed by atoms with E-state index in [9.17, 15) is 4.39 Å². The molecule has 0 saturated carbocycles. The Balaban J connectivity index is 2.17. The Bertz CT molecular complexity index is 504. The third kappa shape index (κ3) is 3.09. The molecule has 0 spiro atoms. The predicted molar refractivity (Wildman–Crippen MR) is 75.5 cm³/mol. The zero-order valence-corrected chi connectivity index (χ0v) is 12.4. The largest absolute Gasteiger partial charge is 0.207 e. The second kappa shape index (κ2) is 5.51. The molecule has 0 bridgehead atoms.